The molecule has 0 heterocycles. The van der Waals surface area contributed by atoms with Gasteiger partial charge in [0, 0.05) is 13.3 Å². The average Bonchev–Trinajstić information content (AvgIpc) is 2.10. The van der Waals surface area contributed by atoms with Crippen LogP contribution in [-0.2, 0) is 16.0 Å². The lowest BCUT2D eigenvalue weighted by molar-refractivity contribution is -0.140. The summed E-state index contributed by atoms with van der Waals surface area (Å²) >= 11 is 3.08. The Labute approximate surface area is 90.2 Å². The van der Waals surface area contributed by atoms with Crippen molar-refractivity contribution in [1.29, 1.82) is 0 Å². The van der Waals surface area contributed by atoms with Crippen molar-refractivity contribution in [3.05, 3.63) is 34.1 Å². The number of halogens is 2. The highest BCUT2D eigenvalue weighted by molar-refractivity contribution is 9.10. The second-order valence-corrected chi connectivity index (χ2v) is 3.69. The molecule has 14 heavy (non-hydrogen) atoms. The van der Waals surface area contributed by atoms with E-state index in [0.29, 0.717) is 17.5 Å². The van der Waals surface area contributed by atoms with Crippen LogP contribution in [0.5, 0.6) is 0 Å². The molecule has 0 aliphatic heterocycles. The zero-order valence-electron chi connectivity index (χ0n) is 7.72. The number of benzene rings is 1. The van der Waals surface area contributed by atoms with Gasteiger partial charge in [0.05, 0.1) is 11.1 Å². The van der Waals surface area contributed by atoms with Gasteiger partial charge < -0.3 is 4.74 Å². The number of hydrogen-bond acceptors (Lipinski definition) is 2. The highest BCUT2D eigenvalue weighted by Crippen LogP contribution is 2.17. The first kappa shape index (κ1) is 11.2. The minimum absolute atomic E-state index is 0.291. The predicted octanol–water partition coefficient (Wildman–Crippen LogP) is 2.69. The lowest BCUT2D eigenvalue weighted by Crippen LogP contribution is -2.03. The summed E-state index contributed by atoms with van der Waals surface area (Å²) in [6, 6.07) is 4.73. The zero-order valence-corrected chi connectivity index (χ0v) is 9.30. The van der Waals surface area contributed by atoms with Crippen LogP contribution in [0.2, 0.25) is 0 Å². The quantitative estimate of drug-likeness (QED) is 0.782. The highest BCUT2D eigenvalue weighted by Gasteiger charge is 2.01. The van der Waals surface area contributed by atoms with Crippen molar-refractivity contribution in [2.45, 2.75) is 13.3 Å². The Hall–Kier alpha value is -0.900. The van der Waals surface area contributed by atoms with Gasteiger partial charge in [-0.2, -0.15) is 0 Å². The van der Waals surface area contributed by atoms with Crippen LogP contribution in [0.4, 0.5) is 4.39 Å². The summed E-state index contributed by atoms with van der Waals surface area (Å²) in [6.45, 7) is 1.69. The van der Waals surface area contributed by atoms with Crippen LogP contribution in [0.1, 0.15) is 12.5 Å². The molecule has 4 heteroatoms. The van der Waals surface area contributed by atoms with Crippen LogP contribution in [0, 0.1) is 5.82 Å². The molecule has 2 nitrogen and oxygen atoms in total. The molecule has 76 valence electrons. The van der Waals surface area contributed by atoms with Crippen molar-refractivity contribution in [2.24, 2.45) is 0 Å². The van der Waals surface area contributed by atoms with Crippen LogP contribution in [-0.4, -0.2) is 12.6 Å². The maximum absolute atomic E-state index is 12.8. The molecule has 0 N–H and O–H groups in total. The van der Waals surface area contributed by atoms with Crippen LogP contribution < -0.4 is 0 Å². The van der Waals surface area contributed by atoms with Gasteiger partial charge in [-0.05, 0) is 33.6 Å². The first-order chi connectivity index (χ1) is 6.59. The SMILES string of the molecule is CC(=O)OCCc1ccc(F)c(Br)c1. The number of carbonyl (C=O) groups is 1. The first-order valence-corrected chi connectivity index (χ1v) is 4.96. The van der Waals surface area contributed by atoms with E-state index < -0.39 is 0 Å². The largest absolute Gasteiger partial charge is 0.466 e. The summed E-state index contributed by atoms with van der Waals surface area (Å²) in [5, 5.41) is 0. The number of esters is 1. The molecular weight excluding hydrogens is 251 g/mol. The van der Waals surface area contributed by atoms with Crippen molar-refractivity contribution in [3.63, 3.8) is 0 Å². The van der Waals surface area contributed by atoms with Crippen molar-refractivity contribution >= 4 is 21.9 Å². The average molecular weight is 261 g/mol. The molecule has 0 fully saturated rings. The fourth-order valence-corrected chi connectivity index (χ4v) is 1.43. The van der Waals surface area contributed by atoms with Gasteiger partial charge in [0.25, 0.3) is 0 Å². The van der Waals surface area contributed by atoms with Gasteiger partial charge in [-0.3, -0.25) is 4.79 Å². The van der Waals surface area contributed by atoms with E-state index in [1.807, 2.05) is 0 Å². The van der Waals surface area contributed by atoms with Gasteiger partial charge in [0.1, 0.15) is 5.82 Å². The number of ether oxygens (including phenoxy) is 1. The van der Waals surface area contributed by atoms with Gasteiger partial charge in [-0.25, -0.2) is 4.39 Å². The second-order valence-electron chi connectivity index (χ2n) is 2.84. The summed E-state index contributed by atoms with van der Waals surface area (Å²) in [5.74, 6) is -0.590. The molecular formula is C10H10BrFO2. The van der Waals surface area contributed by atoms with Crippen molar-refractivity contribution < 1.29 is 13.9 Å². The van der Waals surface area contributed by atoms with Gasteiger partial charge >= 0.3 is 5.97 Å². The van der Waals surface area contributed by atoms with Crippen molar-refractivity contribution in [1.82, 2.24) is 0 Å². The molecule has 0 saturated carbocycles. The molecule has 1 aromatic rings. The lowest BCUT2D eigenvalue weighted by atomic mass is 10.2. The molecule has 0 aliphatic rings. The third-order valence-electron chi connectivity index (χ3n) is 1.68. The molecule has 0 radical (unpaired) electrons. The normalized spacial score (nSPS) is 9.93. The Kier molecular flexibility index (Phi) is 4.07. The number of rotatable bonds is 3. The summed E-state index contributed by atoms with van der Waals surface area (Å²) in [4.78, 5) is 10.5. The smallest absolute Gasteiger partial charge is 0.302 e. The van der Waals surface area contributed by atoms with Crippen LogP contribution in [0.3, 0.4) is 0 Å². The fourth-order valence-electron chi connectivity index (χ4n) is 1.01. The van der Waals surface area contributed by atoms with Crippen molar-refractivity contribution in [3.8, 4) is 0 Å². The molecule has 0 aromatic heterocycles. The van der Waals surface area contributed by atoms with Crippen molar-refractivity contribution in [2.75, 3.05) is 6.61 Å². The highest BCUT2D eigenvalue weighted by atomic mass is 79.9. The monoisotopic (exact) mass is 260 g/mol. The molecule has 0 amide bonds. The van der Waals surface area contributed by atoms with E-state index in [4.69, 9.17) is 4.74 Å². The van der Waals surface area contributed by atoms with E-state index >= 15 is 0 Å². The Morgan fingerprint density at radius 2 is 2.29 bits per heavy atom. The maximum atomic E-state index is 12.8. The summed E-state index contributed by atoms with van der Waals surface area (Å²) in [5.41, 5.74) is 0.930. The van der Waals surface area contributed by atoms with Gasteiger partial charge in [0.15, 0.2) is 0 Å². The number of hydrogen-bond donors (Lipinski definition) is 0. The fraction of sp³-hybridized carbons (Fsp3) is 0.300. The van der Waals surface area contributed by atoms with Crippen LogP contribution in [0.15, 0.2) is 22.7 Å². The lowest BCUT2D eigenvalue weighted by Gasteiger charge is -2.03. The molecule has 0 unspecified atom stereocenters. The molecule has 0 spiro atoms. The molecule has 1 rings (SSSR count). The predicted molar refractivity (Wildman–Crippen MR) is 54.4 cm³/mol. The van der Waals surface area contributed by atoms with E-state index in [-0.39, 0.29) is 11.8 Å². The minimum Gasteiger partial charge on any atom is -0.466 e. The van der Waals surface area contributed by atoms with E-state index in [9.17, 15) is 9.18 Å². The maximum Gasteiger partial charge on any atom is 0.302 e. The molecule has 0 saturated heterocycles. The molecule has 0 atom stereocenters. The zero-order chi connectivity index (χ0) is 10.6. The van der Waals surface area contributed by atoms with Gasteiger partial charge in [0.2, 0.25) is 0 Å². The standard InChI is InChI=1S/C10H10BrFO2/c1-7(13)14-5-4-8-2-3-10(12)9(11)6-8/h2-3,6H,4-5H2,1H3. The molecule has 1 aromatic carbocycles. The Morgan fingerprint density at radius 3 is 2.86 bits per heavy atom. The Morgan fingerprint density at radius 1 is 1.57 bits per heavy atom. The Bertz CT molecular complexity index is 339. The van der Waals surface area contributed by atoms with Gasteiger partial charge in [-0.15, -0.1) is 0 Å². The molecule has 0 aliphatic carbocycles. The summed E-state index contributed by atoms with van der Waals surface area (Å²) < 4.78 is 18.0. The second kappa shape index (κ2) is 5.10. The summed E-state index contributed by atoms with van der Waals surface area (Å²) in [7, 11) is 0. The third-order valence-corrected chi connectivity index (χ3v) is 2.29. The Balaban J connectivity index is 2.51. The van der Waals surface area contributed by atoms with E-state index in [0.717, 1.165) is 5.56 Å². The molecule has 0 bridgehead atoms. The topological polar surface area (TPSA) is 26.3 Å². The first-order valence-electron chi connectivity index (χ1n) is 4.17. The minimum atomic E-state index is -0.300. The van der Waals surface area contributed by atoms with E-state index in [1.54, 1.807) is 12.1 Å². The third kappa shape index (κ3) is 3.46. The van der Waals surface area contributed by atoms with Crippen LogP contribution >= 0.6 is 15.9 Å². The van der Waals surface area contributed by atoms with E-state index in [1.165, 1.54) is 13.0 Å². The van der Waals surface area contributed by atoms with Crippen LogP contribution in [0.25, 0.3) is 0 Å². The van der Waals surface area contributed by atoms with E-state index in [2.05, 4.69) is 15.9 Å². The summed E-state index contributed by atoms with van der Waals surface area (Å²) in [6.07, 6.45) is 0.596. The van der Waals surface area contributed by atoms with Gasteiger partial charge in [-0.1, -0.05) is 6.07 Å². The number of carbonyl (C=O) groups excluding carboxylic acids is 1.